The molecule has 8 nitrogen and oxygen atoms in total. The number of aliphatic hydroxyl groups is 1. The highest BCUT2D eigenvalue weighted by Crippen LogP contribution is 2.65. The van der Waals surface area contributed by atoms with Crippen LogP contribution in [0, 0.1) is 17.8 Å². The van der Waals surface area contributed by atoms with Crippen LogP contribution >= 0.6 is 0 Å². The summed E-state index contributed by atoms with van der Waals surface area (Å²) >= 11 is 0. The number of fused-ring (bicyclic) bond motifs is 1. The predicted octanol–water partition coefficient (Wildman–Crippen LogP) is 2.31. The lowest BCUT2D eigenvalue weighted by atomic mass is 9.62. The Hall–Kier alpha value is -2.19. The van der Waals surface area contributed by atoms with E-state index in [1.807, 2.05) is 27.7 Å². The number of hydrogen-bond acceptors (Lipinski definition) is 6. The molecule has 2 bridgehead atoms. The van der Waals surface area contributed by atoms with E-state index in [9.17, 15) is 14.4 Å². The maximum absolute atomic E-state index is 14.0. The number of carbonyl (C=O) groups is 3. The molecule has 0 aromatic rings. The highest BCUT2D eigenvalue weighted by Gasteiger charge is 2.80. The summed E-state index contributed by atoms with van der Waals surface area (Å²) in [5.41, 5.74) is -1.97. The van der Waals surface area contributed by atoms with Crippen LogP contribution in [0.4, 0.5) is 0 Å². The molecule has 3 rings (SSSR count). The second-order valence-corrected chi connectivity index (χ2v) is 10.3. The molecule has 3 aliphatic heterocycles. The van der Waals surface area contributed by atoms with Gasteiger partial charge in [-0.2, -0.15) is 0 Å². The summed E-state index contributed by atoms with van der Waals surface area (Å²) in [6, 6.07) is -0.907. The van der Waals surface area contributed by atoms with Crippen molar-refractivity contribution in [2.45, 2.75) is 76.7 Å². The Labute approximate surface area is 202 Å². The zero-order valence-electron chi connectivity index (χ0n) is 21.0. The molecule has 0 aromatic heterocycles. The van der Waals surface area contributed by atoms with Gasteiger partial charge >= 0.3 is 5.97 Å². The van der Waals surface area contributed by atoms with Crippen LogP contribution in [0.2, 0.25) is 0 Å². The lowest BCUT2D eigenvalue weighted by Gasteiger charge is -2.38. The van der Waals surface area contributed by atoms with Gasteiger partial charge in [-0.25, -0.2) is 0 Å². The number of hydrogen-bond donors (Lipinski definition) is 1. The molecule has 3 saturated heterocycles. The van der Waals surface area contributed by atoms with Crippen molar-refractivity contribution in [3.05, 3.63) is 25.3 Å². The first kappa shape index (κ1) is 26.4. The first-order valence-corrected chi connectivity index (χ1v) is 12.4. The van der Waals surface area contributed by atoms with Crippen molar-refractivity contribution in [1.82, 2.24) is 9.80 Å². The van der Waals surface area contributed by atoms with Crippen molar-refractivity contribution in [1.29, 1.82) is 0 Å². The van der Waals surface area contributed by atoms with E-state index in [1.165, 1.54) is 6.08 Å². The standard InChI is InChI=1S/C26H40N2O6/c1-7-12-27(17(3)4)23(31)21-26-16-18(5)25(6,34-26)20(24(32)33-15-8-2)19(26)22(30)28(21)13-10-9-11-14-29/h7-8,17-21,29H,1-2,9-16H2,3-6H3/t18?,19-,20-,21?,25+,26?/m0/s1. The third kappa shape index (κ3) is 4.09. The van der Waals surface area contributed by atoms with E-state index in [0.29, 0.717) is 32.4 Å². The van der Waals surface area contributed by atoms with Crippen LogP contribution < -0.4 is 0 Å². The smallest absolute Gasteiger partial charge is 0.313 e. The van der Waals surface area contributed by atoms with Gasteiger partial charge in [0.2, 0.25) is 11.8 Å². The maximum atomic E-state index is 14.0. The molecular weight excluding hydrogens is 436 g/mol. The fraction of sp³-hybridized carbons (Fsp3) is 0.731. The monoisotopic (exact) mass is 476 g/mol. The molecule has 2 amide bonds. The van der Waals surface area contributed by atoms with Gasteiger partial charge in [0.1, 0.15) is 24.2 Å². The maximum Gasteiger partial charge on any atom is 0.313 e. The fourth-order valence-electron chi connectivity index (χ4n) is 6.27. The number of ether oxygens (including phenoxy) is 2. The molecule has 0 aliphatic carbocycles. The van der Waals surface area contributed by atoms with Gasteiger partial charge in [-0.15, -0.1) is 6.58 Å². The lowest BCUT2D eigenvalue weighted by molar-refractivity contribution is -0.161. The summed E-state index contributed by atoms with van der Waals surface area (Å²) in [7, 11) is 0. The molecule has 0 aromatic carbocycles. The van der Waals surface area contributed by atoms with Gasteiger partial charge in [0.15, 0.2) is 0 Å². The van der Waals surface area contributed by atoms with Gasteiger partial charge in [0.05, 0.1) is 11.5 Å². The first-order valence-electron chi connectivity index (χ1n) is 12.4. The zero-order chi connectivity index (χ0) is 25.3. The summed E-state index contributed by atoms with van der Waals surface area (Å²) in [6.07, 6.45) is 5.72. The molecule has 0 radical (unpaired) electrons. The van der Waals surface area contributed by atoms with E-state index in [4.69, 9.17) is 14.6 Å². The van der Waals surface area contributed by atoms with E-state index < -0.39 is 35.0 Å². The third-order valence-electron chi connectivity index (χ3n) is 7.94. The predicted molar refractivity (Wildman–Crippen MR) is 128 cm³/mol. The van der Waals surface area contributed by atoms with Crippen molar-refractivity contribution < 1.29 is 29.0 Å². The summed E-state index contributed by atoms with van der Waals surface area (Å²) < 4.78 is 12.1. The second kappa shape index (κ2) is 10.2. The van der Waals surface area contributed by atoms with Crippen LogP contribution in [0.3, 0.4) is 0 Å². The number of carbonyl (C=O) groups excluding carboxylic acids is 3. The van der Waals surface area contributed by atoms with E-state index in [2.05, 4.69) is 13.2 Å². The Morgan fingerprint density at radius 3 is 2.59 bits per heavy atom. The molecule has 8 heteroatoms. The second-order valence-electron chi connectivity index (χ2n) is 10.3. The van der Waals surface area contributed by atoms with Gasteiger partial charge in [-0.1, -0.05) is 25.7 Å². The summed E-state index contributed by atoms with van der Waals surface area (Å²) in [4.78, 5) is 44.5. The third-order valence-corrected chi connectivity index (χ3v) is 7.94. The van der Waals surface area contributed by atoms with E-state index in [0.717, 1.165) is 6.42 Å². The minimum absolute atomic E-state index is 0.0330. The molecule has 0 saturated carbocycles. The number of unbranched alkanes of at least 4 members (excludes halogenated alkanes) is 2. The average molecular weight is 477 g/mol. The fourth-order valence-corrected chi connectivity index (χ4v) is 6.27. The number of amides is 2. The van der Waals surface area contributed by atoms with E-state index in [1.54, 1.807) is 15.9 Å². The highest BCUT2D eigenvalue weighted by molar-refractivity contribution is 5.98. The van der Waals surface area contributed by atoms with Crippen LogP contribution in [0.5, 0.6) is 0 Å². The van der Waals surface area contributed by atoms with E-state index in [-0.39, 0.29) is 37.0 Å². The van der Waals surface area contributed by atoms with Gasteiger partial charge in [0, 0.05) is 25.7 Å². The van der Waals surface area contributed by atoms with E-state index >= 15 is 0 Å². The number of nitrogens with zero attached hydrogens (tertiary/aromatic N) is 2. The summed E-state index contributed by atoms with van der Waals surface area (Å²) in [6.45, 7) is 16.0. The molecule has 1 spiro atoms. The van der Waals surface area contributed by atoms with Crippen molar-refractivity contribution in [2.24, 2.45) is 17.8 Å². The molecular formula is C26H40N2O6. The Kier molecular flexibility index (Phi) is 7.92. The van der Waals surface area contributed by atoms with Gasteiger partial charge < -0.3 is 24.4 Å². The van der Waals surface area contributed by atoms with Crippen LogP contribution in [-0.2, 0) is 23.9 Å². The van der Waals surface area contributed by atoms with Crippen LogP contribution in [-0.4, -0.2) is 82.3 Å². The lowest BCUT2D eigenvalue weighted by Crippen LogP contribution is -2.57. The SMILES string of the molecule is C=CCOC(=O)[C@@H]1[C@H]2C(=O)N(CCCCCO)C(C(=O)N(CC=C)C(C)C)C23CC(C)[C@@]1(C)O3. The van der Waals surface area contributed by atoms with Crippen molar-refractivity contribution in [3.8, 4) is 0 Å². The van der Waals surface area contributed by atoms with Crippen LogP contribution in [0.25, 0.3) is 0 Å². The Bertz CT molecular complexity index is 828. The molecule has 6 atom stereocenters. The summed E-state index contributed by atoms with van der Waals surface area (Å²) in [5.74, 6) is -2.46. The zero-order valence-corrected chi connectivity index (χ0v) is 21.0. The normalized spacial score (nSPS) is 33.8. The van der Waals surface area contributed by atoms with Crippen LogP contribution in [0.1, 0.15) is 53.4 Å². The van der Waals surface area contributed by atoms with Gasteiger partial charge in [0.25, 0.3) is 0 Å². The van der Waals surface area contributed by atoms with Gasteiger partial charge in [-0.3, -0.25) is 14.4 Å². The molecule has 190 valence electrons. The largest absolute Gasteiger partial charge is 0.461 e. The van der Waals surface area contributed by atoms with Crippen molar-refractivity contribution in [2.75, 3.05) is 26.3 Å². The number of aliphatic hydroxyl groups excluding tert-OH is 1. The average Bonchev–Trinajstić information content (AvgIpc) is 3.29. The quantitative estimate of drug-likeness (QED) is 0.264. The molecule has 3 fully saturated rings. The molecule has 1 N–H and O–H groups in total. The Morgan fingerprint density at radius 2 is 2.00 bits per heavy atom. The number of esters is 1. The number of rotatable bonds is 12. The Morgan fingerprint density at radius 1 is 1.29 bits per heavy atom. The first-order chi connectivity index (χ1) is 16.1. The Balaban J connectivity index is 2.05. The van der Waals surface area contributed by atoms with Crippen molar-refractivity contribution in [3.63, 3.8) is 0 Å². The molecule has 34 heavy (non-hydrogen) atoms. The van der Waals surface area contributed by atoms with Crippen LogP contribution in [0.15, 0.2) is 25.3 Å². The van der Waals surface area contributed by atoms with Crippen molar-refractivity contribution >= 4 is 17.8 Å². The number of likely N-dealkylation sites (tertiary alicyclic amines) is 1. The minimum atomic E-state index is -1.08. The molecule has 3 aliphatic rings. The minimum Gasteiger partial charge on any atom is -0.461 e. The highest BCUT2D eigenvalue weighted by atomic mass is 16.6. The molecule has 3 unspecified atom stereocenters. The summed E-state index contributed by atoms with van der Waals surface area (Å²) in [5, 5.41) is 9.15. The van der Waals surface area contributed by atoms with Gasteiger partial charge in [-0.05, 0) is 52.4 Å². The topological polar surface area (TPSA) is 96.4 Å². The molecule has 3 heterocycles.